The van der Waals surface area contributed by atoms with Crippen LogP contribution in [0.4, 0.5) is 14.5 Å². The van der Waals surface area contributed by atoms with Crippen LogP contribution in [0.5, 0.6) is 0 Å². The van der Waals surface area contributed by atoms with Crippen molar-refractivity contribution in [3.63, 3.8) is 0 Å². The van der Waals surface area contributed by atoms with Crippen molar-refractivity contribution in [2.24, 2.45) is 10.9 Å². The quantitative estimate of drug-likeness (QED) is 0.300. The molecule has 4 rings (SSSR count). The van der Waals surface area contributed by atoms with Gasteiger partial charge in [0.15, 0.2) is 5.67 Å². The molecule has 0 spiro atoms. The smallest absolute Gasteiger partial charge is 0.204 e. The summed E-state index contributed by atoms with van der Waals surface area (Å²) in [6.45, 7) is 4.96. The number of thiophene rings is 1. The second-order valence-electron chi connectivity index (χ2n) is 7.98. The minimum atomic E-state index is -1.82. The third kappa shape index (κ3) is 5.92. The number of nitrogens with two attached hydrogens (primary N) is 3. The summed E-state index contributed by atoms with van der Waals surface area (Å²) in [7, 11) is -1.82. The zero-order valence-electron chi connectivity index (χ0n) is 17.7. The van der Waals surface area contributed by atoms with Crippen molar-refractivity contribution in [3.8, 4) is 0 Å². The van der Waals surface area contributed by atoms with Crippen LogP contribution in [-0.4, -0.2) is 16.5 Å². The van der Waals surface area contributed by atoms with Gasteiger partial charge in [-0.25, -0.2) is 4.39 Å². The van der Waals surface area contributed by atoms with Gasteiger partial charge in [-0.2, -0.15) is 0 Å². The van der Waals surface area contributed by atoms with Crippen LogP contribution in [0.15, 0.2) is 10.3 Å². The number of halogens is 2. The third-order valence-electron chi connectivity index (χ3n) is 5.07. The summed E-state index contributed by atoms with van der Waals surface area (Å²) in [6.07, 6.45) is 4.55. The van der Waals surface area contributed by atoms with E-state index in [-0.39, 0.29) is 10.6 Å². The number of rotatable bonds is 2. The number of hydrogen-bond acceptors (Lipinski definition) is 7. The maximum Gasteiger partial charge on any atom is 0.204 e. The predicted octanol–water partition coefficient (Wildman–Crippen LogP) is 2.83. The average Bonchev–Trinajstić information content (AvgIpc) is 3.07. The fraction of sp³-hybridized carbons (Fsp3) is 0.500. The molecule has 7 nitrogen and oxygen atoms in total. The van der Waals surface area contributed by atoms with Gasteiger partial charge in [-0.15, -0.1) is 0 Å². The molecular formula is C20H28F2N4O3S2. The van der Waals surface area contributed by atoms with Gasteiger partial charge in [0.05, 0.1) is 5.69 Å². The topological polar surface area (TPSA) is 148 Å². The van der Waals surface area contributed by atoms with E-state index in [1.807, 2.05) is 6.92 Å². The maximum absolute atomic E-state index is 14.0. The maximum atomic E-state index is 14.0. The van der Waals surface area contributed by atoms with Crippen molar-refractivity contribution in [1.29, 1.82) is 0 Å². The average molecular weight is 475 g/mol. The molecule has 0 saturated heterocycles. The molecule has 2 aromatic heterocycles. The molecule has 2 heterocycles. The van der Waals surface area contributed by atoms with E-state index < -0.39 is 27.9 Å². The van der Waals surface area contributed by atoms with Crippen molar-refractivity contribution in [2.75, 3.05) is 5.73 Å². The van der Waals surface area contributed by atoms with Gasteiger partial charge in [-0.1, -0.05) is 0 Å². The molecule has 0 unspecified atom stereocenters. The van der Waals surface area contributed by atoms with Gasteiger partial charge in [0, 0.05) is 11.4 Å². The Balaban J connectivity index is 0.000000198. The van der Waals surface area contributed by atoms with Crippen LogP contribution >= 0.6 is 11.3 Å². The van der Waals surface area contributed by atoms with Crippen LogP contribution < -0.4 is 16.6 Å². The number of aryl methyl sites for hydroxylation is 1. The van der Waals surface area contributed by atoms with E-state index in [1.165, 1.54) is 19.4 Å². The van der Waals surface area contributed by atoms with Gasteiger partial charge in [0.2, 0.25) is 6.41 Å². The first-order valence-corrected chi connectivity index (χ1v) is 11.7. The zero-order chi connectivity index (χ0) is 23.6. The van der Waals surface area contributed by atoms with Gasteiger partial charge in [-0.05, 0) is 50.2 Å². The van der Waals surface area contributed by atoms with Crippen molar-refractivity contribution < 1.29 is 22.7 Å². The minimum Gasteiger partial charge on any atom is -0.398 e. The number of carbonyl (C=O) groups excluding carboxylic acids is 1. The second kappa shape index (κ2) is 9.78. The Morgan fingerprint density at radius 3 is 2.39 bits per heavy atom. The summed E-state index contributed by atoms with van der Waals surface area (Å²) < 4.78 is 37.8. The standard InChI is InChI=1S/C12H15FN2.C7H10FNO2S2.CH3NO/c1-7-10(14)8-3-2-4-9(8)15-11(7)12(13)5-6-12;1-7(2,10)5-3-4(8)6(12-5)13(9)11;2-1-3/h2-6H2,1H3,(H2,14,15);3,10H,9H2,1-2H3;1H,(H2,2,3). The molecule has 0 aliphatic heterocycles. The molecular weight excluding hydrogens is 446 g/mol. The summed E-state index contributed by atoms with van der Waals surface area (Å²) in [5.41, 5.74) is 12.4. The van der Waals surface area contributed by atoms with Crippen LogP contribution in [0.2, 0.25) is 0 Å². The SMILES string of the molecule is CC(C)(O)c1cc(F)c([S-](N)#[O+])s1.Cc1c(C2(F)CC2)nc2c(c1N)CCC2.NC=O. The number of alkyl halides is 1. The first-order valence-electron chi connectivity index (χ1n) is 9.66. The Kier molecular flexibility index (Phi) is 8.04. The van der Waals surface area contributed by atoms with Crippen molar-refractivity contribution >= 4 is 34.3 Å². The van der Waals surface area contributed by atoms with E-state index >= 15 is 0 Å². The first-order chi connectivity index (χ1) is 14.4. The molecule has 0 atom stereocenters. The third-order valence-corrected chi connectivity index (χ3v) is 7.60. The van der Waals surface area contributed by atoms with E-state index in [4.69, 9.17) is 15.7 Å². The molecule has 2 aliphatic rings. The Labute approximate surface area is 186 Å². The largest absolute Gasteiger partial charge is 0.398 e. The van der Waals surface area contributed by atoms with Gasteiger partial charge < -0.3 is 11.5 Å². The summed E-state index contributed by atoms with van der Waals surface area (Å²) in [5, 5.41) is 14.5. The molecule has 0 bridgehead atoms. The van der Waals surface area contributed by atoms with E-state index in [0.29, 0.717) is 23.4 Å². The normalized spacial score (nSPS) is 16.0. The molecule has 1 saturated carbocycles. The predicted molar refractivity (Wildman–Crippen MR) is 118 cm³/mol. The van der Waals surface area contributed by atoms with E-state index in [9.17, 15) is 17.9 Å². The van der Waals surface area contributed by atoms with Gasteiger partial charge in [-0.3, -0.25) is 9.78 Å². The van der Waals surface area contributed by atoms with E-state index in [0.717, 1.165) is 53.6 Å². The van der Waals surface area contributed by atoms with Gasteiger partial charge in [0.25, 0.3) is 0 Å². The van der Waals surface area contributed by atoms with E-state index in [2.05, 4.69) is 10.7 Å². The summed E-state index contributed by atoms with van der Waals surface area (Å²) in [4.78, 5) is 13.5. The number of carbonyl (C=O) groups is 1. The number of amides is 1. The van der Waals surface area contributed by atoms with Crippen LogP contribution in [0, 0.1) is 12.7 Å². The fourth-order valence-electron chi connectivity index (χ4n) is 3.29. The Morgan fingerprint density at radius 1 is 1.39 bits per heavy atom. The van der Waals surface area contributed by atoms with Crippen LogP contribution in [0.25, 0.3) is 0 Å². The van der Waals surface area contributed by atoms with Crippen molar-refractivity contribution in [2.45, 2.75) is 68.4 Å². The van der Waals surface area contributed by atoms with Crippen LogP contribution in [-0.2, 0) is 43.8 Å². The molecule has 0 aromatic carbocycles. The van der Waals surface area contributed by atoms with Gasteiger partial charge >= 0.3 is 81.3 Å². The molecule has 1 fully saturated rings. The molecule has 1 amide bonds. The number of hydrogen-bond donors (Lipinski definition) is 4. The Bertz CT molecular complexity index is 1040. The molecule has 0 radical (unpaired) electrons. The molecule has 2 aromatic rings. The molecule has 2 aliphatic carbocycles. The molecule has 172 valence electrons. The number of nitrogens with zero attached hydrogens (tertiary/aromatic N) is 1. The number of fused-ring (bicyclic) bond motifs is 1. The van der Waals surface area contributed by atoms with Crippen molar-refractivity contribution in [3.05, 3.63) is 39.3 Å². The van der Waals surface area contributed by atoms with Gasteiger partial charge in [0.1, 0.15) is 0 Å². The fourth-order valence-corrected chi connectivity index (χ4v) is 4.90. The number of aromatic nitrogens is 1. The Hall–Kier alpha value is -1.79. The first kappa shape index (κ1) is 25.5. The number of primary amides is 1. The zero-order valence-corrected chi connectivity index (χ0v) is 19.3. The summed E-state index contributed by atoms with van der Waals surface area (Å²) >= 11 is 0.924. The molecule has 11 heteroatoms. The Morgan fingerprint density at radius 2 is 1.97 bits per heavy atom. The molecule has 7 N–H and O–H groups in total. The summed E-state index contributed by atoms with van der Waals surface area (Å²) in [5.74, 6) is -0.622. The molecule has 31 heavy (non-hydrogen) atoms. The number of aliphatic hydroxyl groups is 1. The van der Waals surface area contributed by atoms with Crippen LogP contribution in [0.1, 0.15) is 60.5 Å². The minimum absolute atomic E-state index is 0.0304. The number of anilines is 1. The number of pyridine rings is 1. The summed E-state index contributed by atoms with van der Waals surface area (Å²) in [6, 6.07) is 1.16. The van der Waals surface area contributed by atoms with Crippen LogP contribution in [0.3, 0.4) is 0 Å². The monoisotopic (exact) mass is 474 g/mol. The van der Waals surface area contributed by atoms with Crippen molar-refractivity contribution in [1.82, 2.24) is 4.98 Å². The second-order valence-corrected chi connectivity index (χ2v) is 10.3. The number of nitrogen functional groups attached to an aromatic ring is 1. The van der Waals surface area contributed by atoms with E-state index in [1.54, 1.807) is 0 Å².